The molecule has 2 heterocycles. The van der Waals surface area contributed by atoms with Gasteiger partial charge in [-0.25, -0.2) is 0 Å². The average Bonchev–Trinajstić information content (AvgIpc) is 3.36. The molecule has 0 bridgehead atoms. The van der Waals surface area contributed by atoms with Gasteiger partial charge in [-0.2, -0.15) is 10.4 Å². The Morgan fingerprint density at radius 1 is 1.16 bits per heavy atom. The van der Waals surface area contributed by atoms with Gasteiger partial charge in [0.05, 0.1) is 28.9 Å². The molecule has 2 N–H and O–H groups in total. The molecule has 124 valence electrons. The molecule has 0 saturated heterocycles. The van der Waals surface area contributed by atoms with Crippen LogP contribution < -0.4 is 5.73 Å². The maximum absolute atomic E-state index is 9.37. The van der Waals surface area contributed by atoms with Gasteiger partial charge in [0, 0.05) is 18.8 Å². The van der Waals surface area contributed by atoms with Crippen LogP contribution in [0.4, 0.5) is 5.82 Å². The predicted octanol–water partition coefficient (Wildman–Crippen LogP) is 3.59. The van der Waals surface area contributed by atoms with Crippen LogP contribution in [0.5, 0.6) is 0 Å². The third kappa shape index (κ3) is 2.47. The van der Waals surface area contributed by atoms with Crippen LogP contribution in [0, 0.1) is 18.3 Å². The van der Waals surface area contributed by atoms with E-state index in [9.17, 15) is 5.26 Å². The van der Waals surface area contributed by atoms with Gasteiger partial charge >= 0.3 is 0 Å². The second-order valence-electron chi connectivity index (χ2n) is 6.72. The Balaban J connectivity index is 1.67. The summed E-state index contributed by atoms with van der Waals surface area (Å²) in [4.78, 5) is 4.55. The molecule has 1 aromatic carbocycles. The van der Waals surface area contributed by atoms with Gasteiger partial charge in [0.2, 0.25) is 0 Å². The minimum Gasteiger partial charge on any atom is -0.383 e. The third-order valence-corrected chi connectivity index (χ3v) is 5.08. The van der Waals surface area contributed by atoms with E-state index in [0.29, 0.717) is 5.82 Å². The molecule has 4 rings (SSSR count). The number of aryl methyl sites for hydroxylation is 2. The molecule has 3 aromatic rings. The number of rotatable bonds is 3. The van der Waals surface area contributed by atoms with Gasteiger partial charge < -0.3 is 5.73 Å². The van der Waals surface area contributed by atoms with Crippen molar-refractivity contribution >= 4 is 5.82 Å². The van der Waals surface area contributed by atoms with Crippen LogP contribution in [0.2, 0.25) is 0 Å². The lowest BCUT2D eigenvalue weighted by molar-refractivity contribution is 0.779. The van der Waals surface area contributed by atoms with E-state index in [4.69, 9.17) is 5.73 Å². The molecule has 5 heteroatoms. The summed E-state index contributed by atoms with van der Waals surface area (Å²) < 4.78 is 1.64. The summed E-state index contributed by atoms with van der Waals surface area (Å²) in [5.74, 6) is 0.604. The Bertz CT molecular complexity index is 988. The summed E-state index contributed by atoms with van der Waals surface area (Å²) in [5.41, 5.74) is 11.9. The standard InChI is InChI=1S/C20H19N5/c1-13-9-15(20(12-21)7-8-20)4-5-16(13)14-3-6-18(23-10-14)17-11-24-25(2)19(17)22/h3-6,9-11H,7-8,22H2,1-2H3. The zero-order valence-corrected chi connectivity index (χ0v) is 14.3. The molecule has 1 aliphatic carbocycles. The highest BCUT2D eigenvalue weighted by atomic mass is 15.3. The molecule has 5 nitrogen and oxygen atoms in total. The van der Waals surface area contributed by atoms with Gasteiger partial charge in [-0.15, -0.1) is 0 Å². The molecule has 0 atom stereocenters. The van der Waals surface area contributed by atoms with Crippen LogP contribution in [0.25, 0.3) is 22.4 Å². The number of nitrogens with zero attached hydrogens (tertiary/aromatic N) is 4. The Labute approximate surface area is 146 Å². The fourth-order valence-electron chi connectivity index (χ4n) is 3.23. The SMILES string of the molecule is Cc1cc(C2(C#N)CC2)ccc1-c1ccc(-c2cnn(C)c2N)nc1. The van der Waals surface area contributed by atoms with Gasteiger partial charge in [-0.05, 0) is 42.5 Å². The minimum atomic E-state index is -0.247. The van der Waals surface area contributed by atoms with Gasteiger partial charge in [-0.3, -0.25) is 9.67 Å². The number of benzene rings is 1. The first kappa shape index (κ1) is 15.4. The van der Waals surface area contributed by atoms with Gasteiger partial charge in [0.1, 0.15) is 5.82 Å². The maximum atomic E-state index is 9.37. The number of hydrogen-bond donors (Lipinski definition) is 1. The number of nitrogens with two attached hydrogens (primary N) is 1. The Hall–Kier alpha value is -3.13. The molecule has 0 radical (unpaired) electrons. The predicted molar refractivity (Wildman–Crippen MR) is 97.5 cm³/mol. The molecule has 1 aliphatic rings. The number of hydrogen-bond acceptors (Lipinski definition) is 4. The zero-order chi connectivity index (χ0) is 17.6. The maximum Gasteiger partial charge on any atom is 0.130 e. The molecule has 1 fully saturated rings. The smallest absolute Gasteiger partial charge is 0.130 e. The summed E-state index contributed by atoms with van der Waals surface area (Å²) in [7, 11) is 1.81. The quantitative estimate of drug-likeness (QED) is 0.796. The normalized spacial score (nSPS) is 14.9. The Morgan fingerprint density at radius 2 is 1.96 bits per heavy atom. The van der Waals surface area contributed by atoms with Crippen LogP contribution in [0.1, 0.15) is 24.0 Å². The van der Waals surface area contributed by atoms with Crippen molar-refractivity contribution in [2.45, 2.75) is 25.2 Å². The van der Waals surface area contributed by atoms with Crippen molar-refractivity contribution in [3.05, 3.63) is 53.9 Å². The molecular formula is C20H19N5. The van der Waals surface area contributed by atoms with Crippen LogP contribution in [0.3, 0.4) is 0 Å². The number of pyridine rings is 1. The van der Waals surface area contributed by atoms with Gasteiger partial charge in [0.15, 0.2) is 0 Å². The first-order chi connectivity index (χ1) is 12.0. The summed E-state index contributed by atoms with van der Waals surface area (Å²) >= 11 is 0. The highest BCUT2D eigenvalue weighted by molar-refractivity contribution is 5.74. The monoisotopic (exact) mass is 329 g/mol. The topological polar surface area (TPSA) is 80.5 Å². The fraction of sp³-hybridized carbons (Fsp3) is 0.250. The van der Waals surface area contributed by atoms with E-state index in [1.54, 1.807) is 10.9 Å². The first-order valence-corrected chi connectivity index (χ1v) is 8.31. The zero-order valence-electron chi connectivity index (χ0n) is 14.3. The Morgan fingerprint density at radius 3 is 2.48 bits per heavy atom. The molecule has 25 heavy (non-hydrogen) atoms. The molecule has 1 saturated carbocycles. The van der Waals surface area contributed by atoms with Crippen molar-refractivity contribution in [3.8, 4) is 28.5 Å². The lowest BCUT2D eigenvalue weighted by Crippen LogP contribution is -2.03. The van der Waals surface area contributed by atoms with E-state index >= 15 is 0 Å². The van der Waals surface area contributed by atoms with Crippen LogP contribution in [0.15, 0.2) is 42.7 Å². The van der Waals surface area contributed by atoms with Crippen molar-refractivity contribution in [2.75, 3.05) is 5.73 Å². The second-order valence-corrected chi connectivity index (χ2v) is 6.72. The van der Waals surface area contributed by atoms with Crippen molar-refractivity contribution in [3.63, 3.8) is 0 Å². The van der Waals surface area contributed by atoms with E-state index in [0.717, 1.165) is 46.4 Å². The number of anilines is 1. The van der Waals surface area contributed by atoms with Gasteiger partial charge in [0.25, 0.3) is 0 Å². The summed E-state index contributed by atoms with van der Waals surface area (Å²) in [5, 5.41) is 13.5. The summed E-state index contributed by atoms with van der Waals surface area (Å²) in [6.45, 7) is 2.08. The van der Waals surface area contributed by atoms with E-state index in [2.05, 4.69) is 41.3 Å². The lowest BCUT2D eigenvalue weighted by Gasteiger charge is -2.12. The highest BCUT2D eigenvalue weighted by Crippen LogP contribution is 2.48. The third-order valence-electron chi connectivity index (χ3n) is 5.08. The van der Waals surface area contributed by atoms with Crippen molar-refractivity contribution in [1.82, 2.24) is 14.8 Å². The lowest BCUT2D eigenvalue weighted by atomic mass is 9.92. The van der Waals surface area contributed by atoms with Crippen molar-refractivity contribution in [2.24, 2.45) is 7.05 Å². The molecule has 0 amide bonds. The molecule has 0 unspecified atom stereocenters. The first-order valence-electron chi connectivity index (χ1n) is 8.31. The van der Waals surface area contributed by atoms with E-state index in [1.807, 2.05) is 25.4 Å². The highest BCUT2D eigenvalue weighted by Gasteiger charge is 2.44. The van der Waals surface area contributed by atoms with Crippen LogP contribution in [-0.4, -0.2) is 14.8 Å². The molecule has 2 aromatic heterocycles. The van der Waals surface area contributed by atoms with Crippen molar-refractivity contribution in [1.29, 1.82) is 5.26 Å². The molecular weight excluding hydrogens is 310 g/mol. The number of nitrogen functional groups attached to an aromatic ring is 1. The van der Waals surface area contributed by atoms with Gasteiger partial charge in [-0.1, -0.05) is 24.3 Å². The van der Waals surface area contributed by atoms with Crippen LogP contribution in [-0.2, 0) is 12.5 Å². The van der Waals surface area contributed by atoms with E-state index in [1.165, 1.54) is 0 Å². The fourth-order valence-corrected chi connectivity index (χ4v) is 3.23. The molecule has 0 aliphatic heterocycles. The van der Waals surface area contributed by atoms with E-state index in [-0.39, 0.29) is 5.41 Å². The molecule has 0 spiro atoms. The van der Waals surface area contributed by atoms with Crippen LogP contribution >= 0.6 is 0 Å². The van der Waals surface area contributed by atoms with Crippen molar-refractivity contribution < 1.29 is 0 Å². The second kappa shape index (κ2) is 5.45. The number of aromatic nitrogens is 3. The average molecular weight is 329 g/mol. The number of nitriles is 1. The Kier molecular flexibility index (Phi) is 3.36. The van der Waals surface area contributed by atoms with E-state index < -0.39 is 0 Å². The largest absolute Gasteiger partial charge is 0.383 e. The minimum absolute atomic E-state index is 0.247. The summed E-state index contributed by atoms with van der Waals surface area (Å²) in [6.07, 6.45) is 5.52. The summed E-state index contributed by atoms with van der Waals surface area (Å²) in [6, 6.07) is 12.8.